The third-order valence-electron chi connectivity index (χ3n) is 5.15. The normalized spacial score (nSPS) is 20.5. The van der Waals surface area contributed by atoms with Crippen molar-refractivity contribution in [2.24, 2.45) is 0 Å². The number of hydrogen-bond donors (Lipinski definition) is 1. The Kier molecular flexibility index (Phi) is 4.44. The fourth-order valence-corrected chi connectivity index (χ4v) is 3.78. The molecule has 1 N–H and O–H groups in total. The van der Waals surface area contributed by atoms with Crippen LogP contribution in [0, 0.1) is 6.92 Å². The first-order chi connectivity index (χ1) is 12.2. The summed E-state index contributed by atoms with van der Waals surface area (Å²) in [4.78, 5) is 16.8. The number of aryl methyl sites for hydroxylation is 2. The van der Waals surface area contributed by atoms with Crippen LogP contribution in [0.1, 0.15) is 35.0 Å². The summed E-state index contributed by atoms with van der Waals surface area (Å²) in [5.41, 5.74) is 3.59. The Morgan fingerprint density at radius 2 is 2.08 bits per heavy atom. The molecule has 2 amide bonds. The van der Waals surface area contributed by atoms with Crippen molar-refractivity contribution in [3.8, 4) is 0 Å². The second kappa shape index (κ2) is 6.88. The fourth-order valence-electron chi connectivity index (χ4n) is 3.78. The SMILES string of the molecule is Cc1cc(CN2CCN(C(=O)NC3CCc4ccccc43)CC2)no1. The predicted octanol–water partition coefficient (Wildman–Crippen LogP) is 2.50. The van der Waals surface area contributed by atoms with Crippen molar-refractivity contribution in [2.45, 2.75) is 32.4 Å². The number of carbonyl (C=O) groups excluding carboxylic acids is 1. The molecular formula is C19H24N4O2. The van der Waals surface area contributed by atoms with Crippen LogP contribution in [0.5, 0.6) is 0 Å². The van der Waals surface area contributed by atoms with Crippen LogP contribution in [0.4, 0.5) is 4.79 Å². The van der Waals surface area contributed by atoms with Gasteiger partial charge in [-0.05, 0) is 30.9 Å². The summed E-state index contributed by atoms with van der Waals surface area (Å²) in [5.74, 6) is 0.838. The number of hydrogen-bond acceptors (Lipinski definition) is 4. The van der Waals surface area contributed by atoms with Crippen molar-refractivity contribution in [2.75, 3.05) is 26.2 Å². The van der Waals surface area contributed by atoms with E-state index in [9.17, 15) is 4.79 Å². The first-order valence-corrected chi connectivity index (χ1v) is 8.97. The van der Waals surface area contributed by atoms with Gasteiger partial charge in [-0.15, -0.1) is 0 Å². The summed E-state index contributed by atoms with van der Waals surface area (Å²) in [7, 11) is 0. The van der Waals surface area contributed by atoms with Gasteiger partial charge in [-0.1, -0.05) is 29.4 Å². The van der Waals surface area contributed by atoms with Gasteiger partial charge in [-0.2, -0.15) is 0 Å². The van der Waals surface area contributed by atoms with E-state index in [2.05, 4.69) is 33.6 Å². The maximum absolute atomic E-state index is 12.6. The van der Waals surface area contributed by atoms with Crippen molar-refractivity contribution in [3.05, 3.63) is 52.9 Å². The lowest BCUT2D eigenvalue weighted by atomic mass is 10.1. The average Bonchev–Trinajstić information content (AvgIpc) is 3.22. The van der Waals surface area contributed by atoms with Crippen LogP contribution in [0.25, 0.3) is 0 Å². The molecule has 1 aliphatic heterocycles. The largest absolute Gasteiger partial charge is 0.361 e. The van der Waals surface area contributed by atoms with Gasteiger partial charge >= 0.3 is 6.03 Å². The van der Waals surface area contributed by atoms with E-state index in [1.807, 2.05) is 24.0 Å². The molecular weight excluding hydrogens is 316 g/mol. The summed E-state index contributed by atoms with van der Waals surface area (Å²) in [6.07, 6.45) is 2.04. The molecule has 1 aromatic heterocycles. The van der Waals surface area contributed by atoms with Crippen LogP contribution < -0.4 is 5.32 Å². The summed E-state index contributed by atoms with van der Waals surface area (Å²) in [5, 5.41) is 7.26. The third-order valence-corrected chi connectivity index (χ3v) is 5.15. The van der Waals surface area contributed by atoms with Gasteiger partial charge in [0.2, 0.25) is 0 Å². The molecule has 0 bridgehead atoms. The fraction of sp³-hybridized carbons (Fsp3) is 0.474. The highest BCUT2D eigenvalue weighted by atomic mass is 16.5. The summed E-state index contributed by atoms with van der Waals surface area (Å²) < 4.78 is 5.12. The molecule has 25 heavy (non-hydrogen) atoms. The topological polar surface area (TPSA) is 61.6 Å². The molecule has 6 heteroatoms. The molecule has 6 nitrogen and oxygen atoms in total. The van der Waals surface area contributed by atoms with E-state index >= 15 is 0 Å². The predicted molar refractivity (Wildman–Crippen MR) is 94.1 cm³/mol. The molecule has 1 aliphatic carbocycles. The highest BCUT2D eigenvalue weighted by molar-refractivity contribution is 5.75. The Morgan fingerprint density at radius 3 is 2.84 bits per heavy atom. The molecule has 0 saturated carbocycles. The van der Waals surface area contributed by atoms with Crippen LogP contribution in [0.15, 0.2) is 34.9 Å². The van der Waals surface area contributed by atoms with Gasteiger partial charge in [0.05, 0.1) is 11.7 Å². The second-order valence-corrected chi connectivity index (χ2v) is 6.93. The smallest absolute Gasteiger partial charge is 0.317 e. The van der Waals surface area contributed by atoms with Crippen LogP contribution in [0.2, 0.25) is 0 Å². The number of aromatic nitrogens is 1. The van der Waals surface area contributed by atoms with Crippen LogP contribution >= 0.6 is 0 Å². The molecule has 1 saturated heterocycles. The number of nitrogens with one attached hydrogen (secondary N) is 1. The minimum absolute atomic E-state index is 0.0543. The number of piperazine rings is 1. The van der Waals surface area contributed by atoms with E-state index in [-0.39, 0.29) is 12.1 Å². The lowest BCUT2D eigenvalue weighted by Gasteiger charge is -2.34. The van der Waals surface area contributed by atoms with Gasteiger partial charge < -0.3 is 14.7 Å². The van der Waals surface area contributed by atoms with Crippen LogP contribution in [0.3, 0.4) is 0 Å². The van der Waals surface area contributed by atoms with Crippen molar-refractivity contribution < 1.29 is 9.32 Å². The van der Waals surface area contributed by atoms with Crippen molar-refractivity contribution >= 4 is 6.03 Å². The minimum atomic E-state index is 0.0543. The van der Waals surface area contributed by atoms with Crippen molar-refractivity contribution in [1.29, 1.82) is 0 Å². The number of benzene rings is 1. The van der Waals surface area contributed by atoms with Gasteiger partial charge in [-0.3, -0.25) is 4.90 Å². The molecule has 1 unspecified atom stereocenters. The maximum atomic E-state index is 12.6. The molecule has 0 radical (unpaired) electrons. The average molecular weight is 340 g/mol. The van der Waals surface area contributed by atoms with E-state index in [0.29, 0.717) is 0 Å². The first kappa shape index (κ1) is 16.1. The zero-order valence-electron chi connectivity index (χ0n) is 14.6. The third kappa shape index (κ3) is 3.54. The first-order valence-electron chi connectivity index (χ1n) is 8.97. The van der Waals surface area contributed by atoms with Crippen molar-refractivity contribution in [1.82, 2.24) is 20.3 Å². The van der Waals surface area contributed by atoms with Gasteiger partial charge in [0.25, 0.3) is 0 Å². The summed E-state index contributed by atoms with van der Waals surface area (Å²) in [6.45, 7) is 5.90. The monoisotopic (exact) mass is 340 g/mol. The molecule has 2 aromatic rings. The molecule has 4 rings (SSSR count). The van der Waals surface area contributed by atoms with E-state index < -0.39 is 0 Å². The van der Waals surface area contributed by atoms with Crippen LogP contribution in [-0.2, 0) is 13.0 Å². The maximum Gasteiger partial charge on any atom is 0.317 e. The van der Waals surface area contributed by atoms with E-state index in [1.165, 1.54) is 11.1 Å². The quantitative estimate of drug-likeness (QED) is 0.932. The van der Waals surface area contributed by atoms with E-state index in [1.54, 1.807) is 0 Å². The van der Waals surface area contributed by atoms with Gasteiger partial charge in [-0.25, -0.2) is 4.79 Å². The molecule has 2 heterocycles. The Hall–Kier alpha value is -2.34. The molecule has 0 spiro atoms. The zero-order valence-corrected chi connectivity index (χ0v) is 14.6. The molecule has 2 aliphatic rings. The van der Waals surface area contributed by atoms with Crippen LogP contribution in [-0.4, -0.2) is 47.2 Å². The molecule has 1 atom stereocenters. The minimum Gasteiger partial charge on any atom is -0.361 e. The number of rotatable bonds is 3. The van der Waals surface area contributed by atoms with Gasteiger partial charge in [0, 0.05) is 38.8 Å². The number of carbonyl (C=O) groups is 1. The Bertz CT molecular complexity index is 749. The Morgan fingerprint density at radius 1 is 1.28 bits per heavy atom. The highest BCUT2D eigenvalue weighted by Gasteiger charge is 2.27. The molecule has 1 aromatic carbocycles. The lowest BCUT2D eigenvalue weighted by molar-refractivity contribution is 0.131. The molecule has 1 fully saturated rings. The van der Waals surface area contributed by atoms with E-state index in [0.717, 1.165) is 57.0 Å². The van der Waals surface area contributed by atoms with Crippen molar-refractivity contribution in [3.63, 3.8) is 0 Å². The molecule has 132 valence electrons. The number of nitrogens with zero attached hydrogens (tertiary/aromatic N) is 3. The standard InChI is InChI=1S/C19H24N4O2/c1-14-12-16(21-25-14)13-22-8-10-23(11-9-22)19(24)20-18-7-6-15-4-2-3-5-17(15)18/h2-5,12,18H,6-11,13H2,1H3,(H,20,24). The van der Waals surface area contributed by atoms with Gasteiger partial charge in [0.1, 0.15) is 5.76 Å². The lowest BCUT2D eigenvalue weighted by Crippen LogP contribution is -2.51. The highest BCUT2D eigenvalue weighted by Crippen LogP contribution is 2.30. The number of fused-ring (bicyclic) bond motifs is 1. The summed E-state index contributed by atoms with van der Waals surface area (Å²) in [6, 6.07) is 10.6. The summed E-state index contributed by atoms with van der Waals surface area (Å²) >= 11 is 0. The Labute approximate surface area is 147 Å². The second-order valence-electron chi connectivity index (χ2n) is 6.93. The number of amides is 2. The zero-order chi connectivity index (χ0) is 17.2. The van der Waals surface area contributed by atoms with Gasteiger partial charge in [0.15, 0.2) is 0 Å². The number of urea groups is 1. The van der Waals surface area contributed by atoms with E-state index in [4.69, 9.17) is 4.52 Å². The Balaban J connectivity index is 1.28.